The number of anilines is 1. The molecule has 1 heterocycles. The third-order valence-corrected chi connectivity index (χ3v) is 3.24. The molecule has 1 amide bonds. The van der Waals surface area contributed by atoms with Crippen LogP contribution >= 0.6 is 0 Å². The second-order valence-electron chi connectivity index (χ2n) is 5.05. The maximum atomic E-state index is 11.9. The minimum atomic E-state index is -0.131. The first-order valence-electron chi connectivity index (χ1n) is 7.26. The van der Waals surface area contributed by atoms with Gasteiger partial charge in [-0.05, 0) is 48.5 Å². The smallest absolute Gasteiger partial charge is 0.244 e. The molecule has 0 fully saturated rings. The van der Waals surface area contributed by atoms with Gasteiger partial charge in [-0.1, -0.05) is 0 Å². The molecule has 2 aromatic carbocycles. The lowest BCUT2D eigenvalue weighted by molar-refractivity contribution is -0.116. The molecule has 0 saturated carbocycles. The van der Waals surface area contributed by atoms with Crippen LogP contribution in [-0.2, 0) is 11.3 Å². The Hall–Kier alpha value is -3.59. The number of aromatic nitrogens is 2. The van der Waals surface area contributed by atoms with Gasteiger partial charge in [-0.2, -0.15) is 5.26 Å². The normalized spacial score (nSPS) is 9.96. The molecule has 6 nitrogen and oxygen atoms in total. The first-order chi connectivity index (χ1) is 11.7. The van der Waals surface area contributed by atoms with Crippen LogP contribution in [0, 0.1) is 11.3 Å². The number of ether oxygens (including phenoxy) is 1. The SMILES string of the molecule is N#Cc1ccc(Oc2ccc(NC(=O)Cn3ccnc3)cc2)cc1. The maximum absolute atomic E-state index is 11.9. The third kappa shape index (κ3) is 3.99. The molecule has 0 atom stereocenters. The van der Waals surface area contributed by atoms with E-state index in [0.717, 1.165) is 0 Å². The van der Waals surface area contributed by atoms with Gasteiger partial charge < -0.3 is 14.6 Å². The number of nitriles is 1. The average molecular weight is 318 g/mol. The van der Waals surface area contributed by atoms with Crippen LogP contribution in [0.1, 0.15) is 5.56 Å². The third-order valence-electron chi connectivity index (χ3n) is 3.24. The summed E-state index contributed by atoms with van der Waals surface area (Å²) in [5, 5.41) is 11.6. The number of carbonyl (C=O) groups excluding carboxylic acids is 1. The Balaban J connectivity index is 1.58. The molecule has 0 aliphatic heterocycles. The molecule has 0 saturated heterocycles. The van der Waals surface area contributed by atoms with Gasteiger partial charge in [0.05, 0.1) is 18.0 Å². The highest BCUT2D eigenvalue weighted by Crippen LogP contribution is 2.23. The fourth-order valence-corrected chi connectivity index (χ4v) is 2.09. The number of nitrogens with one attached hydrogen (secondary N) is 1. The van der Waals surface area contributed by atoms with E-state index in [-0.39, 0.29) is 12.5 Å². The summed E-state index contributed by atoms with van der Waals surface area (Å²) in [5.74, 6) is 1.16. The Morgan fingerprint density at radius 3 is 2.38 bits per heavy atom. The van der Waals surface area contributed by atoms with E-state index in [1.54, 1.807) is 71.8 Å². The number of rotatable bonds is 5. The van der Waals surface area contributed by atoms with Gasteiger partial charge in [-0.25, -0.2) is 4.98 Å². The molecule has 0 aliphatic rings. The summed E-state index contributed by atoms with van der Waals surface area (Å²) < 4.78 is 7.38. The highest BCUT2D eigenvalue weighted by Gasteiger charge is 2.04. The molecule has 1 aromatic heterocycles. The van der Waals surface area contributed by atoms with E-state index in [9.17, 15) is 4.79 Å². The standard InChI is InChI=1S/C18H14N4O2/c19-11-14-1-5-16(6-2-14)24-17-7-3-15(4-8-17)21-18(23)12-22-10-9-20-13-22/h1-10,13H,12H2,(H,21,23). The van der Waals surface area contributed by atoms with Crippen LogP contribution in [-0.4, -0.2) is 15.5 Å². The van der Waals surface area contributed by atoms with Crippen LogP contribution in [0.15, 0.2) is 67.3 Å². The van der Waals surface area contributed by atoms with Crippen molar-refractivity contribution in [1.29, 1.82) is 5.26 Å². The molecule has 6 heteroatoms. The van der Waals surface area contributed by atoms with Gasteiger partial charge in [0.1, 0.15) is 18.0 Å². The van der Waals surface area contributed by atoms with E-state index in [0.29, 0.717) is 22.7 Å². The molecule has 118 valence electrons. The fraction of sp³-hybridized carbons (Fsp3) is 0.0556. The molecule has 24 heavy (non-hydrogen) atoms. The lowest BCUT2D eigenvalue weighted by Crippen LogP contribution is -2.17. The molecule has 0 spiro atoms. The Bertz CT molecular complexity index is 848. The number of benzene rings is 2. The number of amides is 1. The second-order valence-corrected chi connectivity index (χ2v) is 5.05. The summed E-state index contributed by atoms with van der Waals surface area (Å²) in [6, 6.07) is 16.0. The number of imidazole rings is 1. The topological polar surface area (TPSA) is 79.9 Å². The predicted molar refractivity (Wildman–Crippen MR) is 88.5 cm³/mol. The van der Waals surface area contributed by atoms with Gasteiger partial charge >= 0.3 is 0 Å². The van der Waals surface area contributed by atoms with Crippen LogP contribution in [0.5, 0.6) is 11.5 Å². The minimum absolute atomic E-state index is 0.131. The molecule has 3 rings (SSSR count). The predicted octanol–water partition coefficient (Wildman–Crippen LogP) is 3.19. The Labute approximate surface area is 138 Å². The molecule has 0 radical (unpaired) electrons. The van der Waals surface area contributed by atoms with E-state index in [1.165, 1.54) is 0 Å². The van der Waals surface area contributed by atoms with Crippen molar-refractivity contribution in [3.63, 3.8) is 0 Å². The quantitative estimate of drug-likeness (QED) is 0.783. The zero-order valence-electron chi connectivity index (χ0n) is 12.7. The van der Waals surface area contributed by atoms with Gasteiger partial charge in [0.15, 0.2) is 0 Å². The summed E-state index contributed by atoms with van der Waals surface area (Å²) >= 11 is 0. The average Bonchev–Trinajstić information content (AvgIpc) is 3.10. The van der Waals surface area contributed by atoms with Crippen molar-refractivity contribution in [2.75, 3.05) is 5.32 Å². The maximum Gasteiger partial charge on any atom is 0.244 e. The number of carbonyl (C=O) groups is 1. The van der Waals surface area contributed by atoms with E-state index in [1.807, 2.05) is 0 Å². The van der Waals surface area contributed by atoms with Crippen LogP contribution < -0.4 is 10.1 Å². The molecular formula is C18H14N4O2. The first kappa shape index (κ1) is 15.3. The van der Waals surface area contributed by atoms with Crippen LogP contribution in [0.4, 0.5) is 5.69 Å². The van der Waals surface area contributed by atoms with Crippen LogP contribution in [0.3, 0.4) is 0 Å². The fourth-order valence-electron chi connectivity index (χ4n) is 2.09. The highest BCUT2D eigenvalue weighted by molar-refractivity contribution is 5.90. The van der Waals surface area contributed by atoms with E-state index in [4.69, 9.17) is 10.00 Å². The molecule has 0 bridgehead atoms. The Kier molecular flexibility index (Phi) is 4.54. The van der Waals surface area contributed by atoms with Crippen molar-refractivity contribution >= 4 is 11.6 Å². The van der Waals surface area contributed by atoms with Gasteiger partial charge in [-0.15, -0.1) is 0 Å². The van der Waals surface area contributed by atoms with Crippen molar-refractivity contribution in [3.05, 3.63) is 72.8 Å². The summed E-state index contributed by atoms with van der Waals surface area (Å²) in [6.45, 7) is 0.212. The summed E-state index contributed by atoms with van der Waals surface area (Å²) in [7, 11) is 0. The zero-order valence-corrected chi connectivity index (χ0v) is 12.7. The van der Waals surface area contributed by atoms with E-state index >= 15 is 0 Å². The van der Waals surface area contributed by atoms with E-state index in [2.05, 4.69) is 16.4 Å². The van der Waals surface area contributed by atoms with Crippen molar-refractivity contribution in [2.45, 2.75) is 6.54 Å². The monoisotopic (exact) mass is 318 g/mol. The van der Waals surface area contributed by atoms with Gasteiger partial charge in [0, 0.05) is 18.1 Å². The van der Waals surface area contributed by atoms with Crippen LogP contribution in [0.2, 0.25) is 0 Å². The van der Waals surface area contributed by atoms with Crippen molar-refractivity contribution in [1.82, 2.24) is 9.55 Å². The summed E-state index contributed by atoms with van der Waals surface area (Å²) in [6.07, 6.45) is 4.95. The Morgan fingerprint density at radius 2 is 1.79 bits per heavy atom. The van der Waals surface area contributed by atoms with Crippen molar-refractivity contribution < 1.29 is 9.53 Å². The minimum Gasteiger partial charge on any atom is -0.457 e. The van der Waals surface area contributed by atoms with Gasteiger partial charge in [0.25, 0.3) is 0 Å². The second kappa shape index (κ2) is 7.11. The van der Waals surface area contributed by atoms with E-state index < -0.39 is 0 Å². The van der Waals surface area contributed by atoms with Gasteiger partial charge in [-0.3, -0.25) is 4.79 Å². The molecule has 0 unspecified atom stereocenters. The number of hydrogen-bond acceptors (Lipinski definition) is 4. The highest BCUT2D eigenvalue weighted by atomic mass is 16.5. The first-order valence-corrected chi connectivity index (χ1v) is 7.26. The molecule has 1 N–H and O–H groups in total. The van der Waals surface area contributed by atoms with Crippen LogP contribution in [0.25, 0.3) is 0 Å². The molecule has 3 aromatic rings. The Morgan fingerprint density at radius 1 is 1.12 bits per heavy atom. The lowest BCUT2D eigenvalue weighted by atomic mass is 10.2. The summed E-state index contributed by atoms with van der Waals surface area (Å²) in [4.78, 5) is 15.8. The van der Waals surface area contributed by atoms with Gasteiger partial charge in [0.2, 0.25) is 5.91 Å². The largest absolute Gasteiger partial charge is 0.457 e. The zero-order chi connectivity index (χ0) is 16.8. The van der Waals surface area contributed by atoms with Crippen molar-refractivity contribution in [3.8, 4) is 17.6 Å². The number of hydrogen-bond donors (Lipinski definition) is 1. The lowest BCUT2D eigenvalue weighted by Gasteiger charge is -2.08. The number of nitrogens with zero attached hydrogens (tertiary/aromatic N) is 3. The van der Waals surface area contributed by atoms with Crippen molar-refractivity contribution in [2.24, 2.45) is 0 Å². The molecular weight excluding hydrogens is 304 g/mol. The summed E-state index contributed by atoms with van der Waals surface area (Å²) in [5.41, 5.74) is 1.27. The molecule has 0 aliphatic carbocycles.